The van der Waals surface area contributed by atoms with Crippen LogP contribution < -0.4 is 5.32 Å². The number of carbonyl (C=O) groups excluding carboxylic acids is 1. The molecule has 110 valence electrons. The first kappa shape index (κ1) is 14.7. The molecule has 1 amide bonds. The molecule has 2 aromatic carbocycles. The highest BCUT2D eigenvalue weighted by Crippen LogP contribution is 2.24. The van der Waals surface area contributed by atoms with Crippen molar-refractivity contribution < 1.29 is 9.21 Å². The molecule has 0 unspecified atom stereocenters. The third kappa shape index (κ3) is 3.18. The largest absolute Gasteiger partial charge is 0.423 e. The zero-order valence-electron chi connectivity index (χ0n) is 11.1. The highest BCUT2D eigenvalue weighted by molar-refractivity contribution is 9.10. The number of hydrogen-bond donors (Lipinski definition) is 1. The normalized spacial score (nSPS) is 10.5. The number of halogens is 2. The van der Waals surface area contributed by atoms with Crippen LogP contribution in [0, 0.1) is 0 Å². The second-order valence-corrected chi connectivity index (χ2v) is 5.73. The minimum Gasteiger partial charge on any atom is -0.423 e. The molecule has 0 atom stereocenters. The lowest BCUT2D eigenvalue weighted by Gasteiger charge is -2.08. The lowest BCUT2D eigenvalue weighted by molar-refractivity contribution is 0.102. The first-order chi connectivity index (χ1) is 10.6. The van der Waals surface area contributed by atoms with Crippen molar-refractivity contribution in [2.45, 2.75) is 0 Å². The monoisotopic (exact) mass is 377 g/mol. The van der Waals surface area contributed by atoms with Gasteiger partial charge in [0, 0.05) is 15.7 Å². The maximum absolute atomic E-state index is 12.3. The van der Waals surface area contributed by atoms with Crippen LogP contribution in [0.5, 0.6) is 0 Å². The Kier molecular flexibility index (Phi) is 4.22. The van der Waals surface area contributed by atoms with Gasteiger partial charge in [0.1, 0.15) is 0 Å². The van der Waals surface area contributed by atoms with E-state index in [0.717, 1.165) is 10.0 Å². The summed E-state index contributed by atoms with van der Waals surface area (Å²) in [6, 6.07) is 12.2. The highest BCUT2D eigenvalue weighted by Gasteiger charge is 2.12. The predicted octanol–water partition coefficient (Wildman–Crippen LogP) is 4.40. The molecule has 0 aliphatic rings. The Balaban J connectivity index is 1.84. The average Bonchev–Trinajstić information content (AvgIpc) is 3.01. The maximum Gasteiger partial charge on any atom is 0.257 e. The molecule has 0 aliphatic heterocycles. The number of carbonyl (C=O) groups is 1. The van der Waals surface area contributed by atoms with Crippen LogP contribution in [0.2, 0.25) is 5.02 Å². The van der Waals surface area contributed by atoms with Crippen molar-refractivity contribution >= 4 is 39.1 Å². The maximum atomic E-state index is 12.3. The molecule has 0 saturated carbocycles. The van der Waals surface area contributed by atoms with Gasteiger partial charge in [-0.25, -0.2) is 0 Å². The van der Waals surface area contributed by atoms with Gasteiger partial charge in [0.25, 0.3) is 5.91 Å². The minimum atomic E-state index is -0.292. The van der Waals surface area contributed by atoms with Crippen molar-refractivity contribution in [1.82, 2.24) is 10.2 Å². The zero-order chi connectivity index (χ0) is 15.5. The topological polar surface area (TPSA) is 68.0 Å². The number of benzene rings is 2. The fraction of sp³-hybridized carbons (Fsp3) is 0. The summed E-state index contributed by atoms with van der Waals surface area (Å²) in [6.45, 7) is 0. The number of hydrogen-bond acceptors (Lipinski definition) is 4. The first-order valence-corrected chi connectivity index (χ1v) is 7.43. The molecular formula is C15H9BrClN3O2. The van der Waals surface area contributed by atoms with Gasteiger partial charge in [-0.15, -0.1) is 10.2 Å². The lowest BCUT2D eigenvalue weighted by atomic mass is 10.1. The molecule has 1 aromatic heterocycles. The van der Waals surface area contributed by atoms with E-state index in [1.807, 2.05) is 6.07 Å². The Morgan fingerprint density at radius 2 is 2.09 bits per heavy atom. The zero-order valence-corrected chi connectivity index (χ0v) is 13.4. The summed E-state index contributed by atoms with van der Waals surface area (Å²) < 4.78 is 5.95. The Morgan fingerprint density at radius 3 is 2.82 bits per heavy atom. The third-order valence-corrected chi connectivity index (χ3v) is 3.71. The minimum absolute atomic E-state index is 0.292. The number of nitrogens with zero attached hydrogens (tertiary/aromatic N) is 2. The number of nitrogens with one attached hydrogen (secondary N) is 1. The molecule has 0 fully saturated rings. The summed E-state index contributed by atoms with van der Waals surface area (Å²) in [6.07, 6.45) is 1.25. The van der Waals surface area contributed by atoms with E-state index >= 15 is 0 Å². The highest BCUT2D eigenvalue weighted by atomic mass is 79.9. The van der Waals surface area contributed by atoms with Crippen LogP contribution in [0.15, 0.2) is 57.7 Å². The molecule has 1 N–H and O–H groups in total. The second kappa shape index (κ2) is 6.29. The third-order valence-electron chi connectivity index (χ3n) is 2.90. The first-order valence-electron chi connectivity index (χ1n) is 6.26. The van der Waals surface area contributed by atoms with E-state index in [2.05, 4.69) is 31.4 Å². The summed E-state index contributed by atoms with van der Waals surface area (Å²) >= 11 is 9.38. The lowest BCUT2D eigenvalue weighted by Crippen LogP contribution is -2.12. The molecule has 0 saturated heterocycles. The van der Waals surface area contributed by atoms with Crippen molar-refractivity contribution in [1.29, 1.82) is 0 Å². The number of anilines is 1. The van der Waals surface area contributed by atoms with Gasteiger partial charge in [-0.2, -0.15) is 0 Å². The van der Waals surface area contributed by atoms with E-state index in [0.29, 0.717) is 22.2 Å². The molecule has 0 radical (unpaired) electrons. The summed E-state index contributed by atoms with van der Waals surface area (Å²) in [5, 5.41) is 10.6. The molecule has 22 heavy (non-hydrogen) atoms. The van der Waals surface area contributed by atoms with Gasteiger partial charge in [-0.05, 0) is 36.4 Å². The number of rotatable bonds is 3. The summed E-state index contributed by atoms with van der Waals surface area (Å²) in [4.78, 5) is 12.3. The van der Waals surface area contributed by atoms with Crippen molar-refractivity contribution in [3.63, 3.8) is 0 Å². The van der Waals surface area contributed by atoms with Crippen molar-refractivity contribution in [3.05, 3.63) is 63.9 Å². The van der Waals surface area contributed by atoms with Gasteiger partial charge in [0.15, 0.2) is 0 Å². The van der Waals surface area contributed by atoms with Crippen LogP contribution in [0.3, 0.4) is 0 Å². The smallest absolute Gasteiger partial charge is 0.257 e. The van der Waals surface area contributed by atoms with Crippen LogP contribution in [-0.2, 0) is 0 Å². The summed E-state index contributed by atoms with van der Waals surface area (Å²) in [5.74, 6) is 0.0953. The summed E-state index contributed by atoms with van der Waals surface area (Å²) in [5.41, 5.74) is 1.73. The standard InChI is InChI=1S/C15H9BrClN3O2/c16-10-4-5-12(13(17)7-10)14(21)19-11-3-1-2-9(6-11)15-20-18-8-22-15/h1-8H,(H,19,21). The molecular weight excluding hydrogens is 370 g/mol. The summed E-state index contributed by atoms with van der Waals surface area (Å²) in [7, 11) is 0. The van der Waals surface area contributed by atoms with Crippen LogP contribution in [0.1, 0.15) is 10.4 Å². The van der Waals surface area contributed by atoms with E-state index in [4.69, 9.17) is 16.0 Å². The number of amides is 1. The van der Waals surface area contributed by atoms with Crippen molar-refractivity contribution in [2.75, 3.05) is 5.32 Å². The Hall–Kier alpha value is -2.18. The van der Waals surface area contributed by atoms with Gasteiger partial charge < -0.3 is 9.73 Å². The molecule has 0 bridgehead atoms. The molecule has 1 heterocycles. The van der Waals surface area contributed by atoms with Gasteiger partial charge in [-0.1, -0.05) is 33.6 Å². The SMILES string of the molecule is O=C(Nc1cccc(-c2nnco2)c1)c1ccc(Br)cc1Cl. The van der Waals surface area contributed by atoms with Crippen molar-refractivity contribution in [2.24, 2.45) is 0 Å². The molecule has 0 spiro atoms. The van der Waals surface area contributed by atoms with Crippen molar-refractivity contribution in [3.8, 4) is 11.5 Å². The van der Waals surface area contributed by atoms with E-state index in [9.17, 15) is 4.79 Å². The van der Waals surface area contributed by atoms with Gasteiger partial charge in [0.2, 0.25) is 12.3 Å². The van der Waals surface area contributed by atoms with Crippen LogP contribution in [0.25, 0.3) is 11.5 Å². The predicted molar refractivity (Wildman–Crippen MR) is 86.8 cm³/mol. The van der Waals surface area contributed by atoms with E-state index in [-0.39, 0.29) is 5.91 Å². The molecule has 3 aromatic rings. The second-order valence-electron chi connectivity index (χ2n) is 4.40. The van der Waals surface area contributed by atoms with Gasteiger partial charge in [0.05, 0.1) is 10.6 Å². The van der Waals surface area contributed by atoms with Crippen LogP contribution in [0.4, 0.5) is 5.69 Å². The van der Waals surface area contributed by atoms with Gasteiger partial charge >= 0.3 is 0 Å². The van der Waals surface area contributed by atoms with Crippen LogP contribution >= 0.6 is 27.5 Å². The Labute approximate surface area is 139 Å². The van der Waals surface area contributed by atoms with E-state index in [1.165, 1.54) is 6.39 Å². The average molecular weight is 379 g/mol. The quantitative estimate of drug-likeness (QED) is 0.733. The fourth-order valence-corrected chi connectivity index (χ4v) is 2.66. The van der Waals surface area contributed by atoms with Gasteiger partial charge in [-0.3, -0.25) is 4.79 Å². The molecule has 5 nitrogen and oxygen atoms in total. The number of aromatic nitrogens is 2. The Morgan fingerprint density at radius 1 is 1.23 bits per heavy atom. The molecule has 0 aliphatic carbocycles. The molecule has 7 heteroatoms. The Bertz CT molecular complexity index is 821. The van der Waals surface area contributed by atoms with Crippen LogP contribution in [-0.4, -0.2) is 16.1 Å². The van der Waals surface area contributed by atoms with E-state index in [1.54, 1.807) is 36.4 Å². The van der Waals surface area contributed by atoms with E-state index < -0.39 is 0 Å². The fourth-order valence-electron chi connectivity index (χ4n) is 1.90. The molecule has 3 rings (SSSR count).